The number of hydrogen-bond donors (Lipinski definition) is 1. The van der Waals surface area contributed by atoms with E-state index in [1.807, 2.05) is 56.3 Å². The lowest BCUT2D eigenvalue weighted by molar-refractivity contribution is -0.186. The Kier molecular flexibility index (Phi) is 4.85. The minimum atomic E-state index is -0.680. The van der Waals surface area contributed by atoms with Crippen LogP contribution in [0.5, 0.6) is 0 Å². The number of hydroxylamine groups is 2. The first-order valence-corrected chi connectivity index (χ1v) is 8.20. The predicted octanol–water partition coefficient (Wildman–Crippen LogP) is 2.41. The molecule has 2 aliphatic rings. The van der Waals surface area contributed by atoms with Crippen LogP contribution in [0.4, 0.5) is 4.79 Å². The minimum absolute atomic E-state index is 0.0307. The van der Waals surface area contributed by atoms with Crippen molar-refractivity contribution in [1.29, 1.82) is 0 Å². The molecule has 0 spiro atoms. The molecule has 3 atom stereocenters. The Bertz CT molecular complexity index is 629. The van der Waals surface area contributed by atoms with Crippen molar-refractivity contribution < 1.29 is 19.2 Å². The molecule has 1 N–H and O–H groups in total. The SMILES string of the molecule is CC(C)[C@H](NC(=O)OCc1ccccc1)C(=O)N1O[C@@H]2C=C[C@H]1C2. The molecule has 1 aromatic rings. The lowest BCUT2D eigenvalue weighted by Gasteiger charge is -2.29. The third kappa shape index (κ3) is 3.59. The molecule has 6 heteroatoms. The summed E-state index contributed by atoms with van der Waals surface area (Å²) in [4.78, 5) is 30.3. The van der Waals surface area contributed by atoms with Crippen molar-refractivity contribution in [2.45, 2.75) is 45.1 Å². The second-order valence-electron chi connectivity index (χ2n) is 6.42. The van der Waals surface area contributed by atoms with Crippen LogP contribution in [0.25, 0.3) is 0 Å². The standard InChI is InChI=1S/C18H22N2O4/c1-12(2)16(17(21)20-14-8-9-15(10-14)24-20)19-18(22)23-11-13-6-4-3-5-7-13/h3-9,12,14-16H,10-11H2,1-2H3,(H,19,22)/t14-,15+,16-/m0/s1. The molecule has 2 amide bonds. The molecule has 1 heterocycles. The topological polar surface area (TPSA) is 67.9 Å². The Labute approximate surface area is 141 Å². The van der Waals surface area contributed by atoms with Crippen LogP contribution in [0, 0.1) is 5.92 Å². The molecule has 1 aliphatic heterocycles. The van der Waals surface area contributed by atoms with Gasteiger partial charge in [0.05, 0.1) is 6.04 Å². The number of fused-ring (bicyclic) bond motifs is 2. The van der Waals surface area contributed by atoms with Gasteiger partial charge in [-0.2, -0.15) is 0 Å². The Hall–Kier alpha value is -2.34. The molecule has 0 radical (unpaired) electrons. The molecule has 3 rings (SSSR count). The number of rotatable bonds is 5. The number of benzene rings is 1. The van der Waals surface area contributed by atoms with Crippen molar-refractivity contribution in [2.75, 3.05) is 0 Å². The van der Waals surface area contributed by atoms with E-state index in [9.17, 15) is 9.59 Å². The minimum Gasteiger partial charge on any atom is -0.445 e. The highest BCUT2D eigenvalue weighted by molar-refractivity contribution is 5.86. The summed E-state index contributed by atoms with van der Waals surface area (Å²) in [5.41, 5.74) is 0.894. The molecule has 1 aromatic carbocycles. The quantitative estimate of drug-likeness (QED) is 0.842. The smallest absolute Gasteiger partial charge is 0.408 e. The molecular weight excluding hydrogens is 308 g/mol. The van der Waals surface area contributed by atoms with Gasteiger partial charge in [-0.3, -0.25) is 9.63 Å². The molecule has 1 aliphatic carbocycles. The number of nitrogens with one attached hydrogen (secondary N) is 1. The molecule has 0 aromatic heterocycles. The zero-order chi connectivity index (χ0) is 17.1. The maximum absolute atomic E-state index is 12.7. The Morgan fingerprint density at radius 3 is 2.62 bits per heavy atom. The van der Waals surface area contributed by atoms with Crippen LogP contribution in [-0.2, 0) is 21.0 Å². The van der Waals surface area contributed by atoms with E-state index in [1.54, 1.807) is 0 Å². The van der Waals surface area contributed by atoms with Gasteiger partial charge in [-0.1, -0.05) is 56.3 Å². The first-order chi connectivity index (χ1) is 11.5. The fourth-order valence-corrected chi connectivity index (χ4v) is 2.88. The third-order valence-electron chi connectivity index (χ3n) is 4.21. The highest BCUT2D eigenvalue weighted by Gasteiger charge is 2.42. The van der Waals surface area contributed by atoms with Gasteiger partial charge in [0.1, 0.15) is 18.8 Å². The highest BCUT2D eigenvalue weighted by atomic mass is 16.7. The Morgan fingerprint density at radius 1 is 1.29 bits per heavy atom. The molecule has 2 bridgehead atoms. The molecule has 24 heavy (non-hydrogen) atoms. The van der Waals surface area contributed by atoms with Crippen molar-refractivity contribution in [2.24, 2.45) is 5.92 Å². The monoisotopic (exact) mass is 330 g/mol. The van der Waals surface area contributed by atoms with E-state index in [4.69, 9.17) is 9.57 Å². The lowest BCUT2D eigenvalue weighted by atomic mass is 10.0. The van der Waals surface area contributed by atoms with Crippen LogP contribution in [0.15, 0.2) is 42.5 Å². The van der Waals surface area contributed by atoms with E-state index in [-0.39, 0.29) is 30.6 Å². The second kappa shape index (κ2) is 7.05. The summed E-state index contributed by atoms with van der Waals surface area (Å²) in [5, 5.41) is 4.05. The lowest BCUT2D eigenvalue weighted by Crippen LogP contribution is -2.52. The molecule has 1 fully saturated rings. The van der Waals surface area contributed by atoms with Crippen LogP contribution >= 0.6 is 0 Å². The van der Waals surface area contributed by atoms with Crippen molar-refractivity contribution in [3.63, 3.8) is 0 Å². The summed E-state index contributed by atoms with van der Waals surface area (Å²) in [5.74, 6) is -0.313. The average Bonchev–Trinajstić information content (AvgIpc) is 3.21. The summed E-state index contributed by atoms with van der Waals surface area (Å²) >= 11 is 0. The van der Waals surface area contributed by atoms with Crippen molar-refractivity contribution in [3.8, 4) is 0 Å². The van der Waals surface area contributed by atoms with Gasteiger partial charge >= 0.3 is 6.09 Å². The van der Waals surface area contributed by atoms with Crippen LogP contribution in [0.3, 0.4) is 0 Å². The third-order valence-corrected chi connectivity index (χ3v) is 4.21. The molecule has 128 valence electrons. The zero-order valence-corrected chi connectivity index (χ0v) is 13.8. The largest absolute Gasteiger partial charge is 0.445 e. The van der Waals surface area contributed by atoms with Gasteiger partial charge < -0.3 is 10.1 Å². The van der Waals surface area contributed by atoms with Crippen molar-refractivity contribution in [1.82, 2.24) is 10.4 Å². The molecule has 6 nitrogen and oxygen atoms in total. The molecule has 0 saturated carbocycles. The van der Waals surface area contributed by atoms with Gasteiger partial charge in [-0.05, 0) is 11.5 Å². The van der Waals surface area contributed by atoms with Gasteiger partial charge in [0.25, 0.3) is 5.91 Å². The Morgan fingerprint density at radius 2 is 2.04 bits per heavy atom. The van der Waals surface area contributed by atoms with E-state index in [0.717, 1.165) is 12.0 Å². The van der Waals surface area contributed by atoms with Crippen LogP contribution < -0.4 is 5.32 Å². The number of carbonyl (C=O) groups is 2. The summed E-state index contributed by atoms with van der Waals surface area (Å²) in [6.07, 6.45) is 4.08. The number of amides is 2. The van der Waals surface area contributed by atoms with Gasteiger partial charge in [-0.25, -0.2) is 9.86 Å². The average molecular weight is 330 g/mol. The number of ether oxygens (including phenoxy) is 1. The predicted molar refractivity (Wildman–Crippen MR) is 87.7 cm³/mol. The fourth-order valence-electron chi connectivity index (χ4n) is 2.88. The van der Waals surface area contributed by atoms with E-state index in [1.165, 1.54) is 5.06 Å². The van der Waals surface area contributed by atoms with E-state index in [2.05, 4.69) is 5.32 Å². The maximum atomic E-state index is 12.7. The normalized spacial score (nSPS) is 22.7. The van der Waals surface area contributed by atoms with E-state index >= 15 is 0 Å². The van der Waals surface area contributed by atoms with E-state index in [0.29, 0.717) is 0 Å². The van der Waals surface area contributed by atoms with Crippen molar-refractivity contribution >= 4 is 12.0 Å². The maximum Gasteiger partial charge on any atom is 0.408 e. The van der Waals surface area contributed by atoms with Gasteiger partial charge in [0, 0.05) is 6.42 Å². The molecular formula is C18H22N2O4. The number of alkyl carbamates (subject to hydrolysis) is 1. The highest BCUT2D eigenvalue weighted by Crippen LogP contribution is 2.30. The van der Waals surface area contributed by atoms with Crippen LogP contribution in [0.1, 0.15) is 25.8 Å². The number of nitrogens with zero attached hydrogens (tertiary/aromatic N) is 1. The first kappa shape index (κ1) is 16.5. The van der Waals surface area contributed by atoms with Crippen LogP contribution in [-0.4, -0.2) is 35.3 Å². The second-order valence-corrected chi connectivity index (χ2v) is 6.42. The van der Waals surface area contributed by atoms with Crippen LogP contribution in [0.2, 0.25) is 0 Å². The summed E-state index contributed by atoms with van der Waals surface area (Å²) in [6, 6.07) is 8.69. The van der Waals surface area contributed by atoms with Gasteiger partial charge in [0.15, 0.2) is 0 Å². The number of hydrogen-bond acceptors (Lipinski definition) is 4. The summed E-state index contributed by atoms with van der Waals surface area (Å²) in [7, 11) is 0. The van der Waals surface area contributed by atoms with Gasteiger partial charge in [0.2, 0.25) is 0 Å². The Balaban J connectivity index is 1.56. The summed E-state index contributed by atoms with van der Waals surface area (Å²) < 4.78 is 5.21. The van der Waals surface area contributed by atoms with Crippen molar-refractivity contribution in [3.05, 3.63) is 48.0 Å². The van der Waals surface area contributed by atoms with E-state index < -0.39 is 12.1 Å². The zero-order valence-electron chi connectivity index (χ0n) is 13.8. The number of carbonyl (C=O) groups excluding carboxylic acids is 2. The summed E-state index contributed by atoms with van der Waals surface area (Å²) in [6.45, 7) is 3.92. The van der Waals surface area contributed by atoms with Gasteiger partial charge in [-0.15, -0.1) is 0 Å². The fraction of sp³-hybridized carbons (Fsp3) is 0.444. The first-order valence-electron chi connectivity index (χ1n) is 8.20. The molecule has 0 unspecified atom stereocenters. The molecule has 1 saturated heterocycles.